The smallest absolute Gasteiger partial charge is 0.306 e. The Bertz CT molecular complexity index is 383. The van der Waals surface area contributed by atoms with Gasteiger partial charge in [0.1, 0.15) is 5.75 Å². The number of aromatic hydroxyl groups is 1. The van der Waals surface area contributed by atoms with Crippen molar-refractivity contribution in [1.82, 2.24) is 0 Å². The maximum atomic E-state index is 10.7. The normalized spacial score (nSPS) is 12.5. The summed E-state index contributed by atoms with van der Waals surface area (Å²) in [5.41, 5.74) is 2.78. The summed E-state index contributed by atoms with van der Waals surface area (Å²) in [4.78, 5) is 10.7. The molecule has 82 valence electrons. The minimum Gasteiger partial charge on any atom is -0.508 e. The Morgan fingerprint density at radius 3 is 2.40 bits per heavy atom. The minimum atomic E-state index is -0.840. The number of rotatable bonds is 3. The van der Waals surface area contributed by atoms with E-state index in [9.17, 15) is 9.90 Å². The Morgan fingerprint density at radius 1 is 1.33 bits per heavy atom. The number of carbonyl (C=O) groups is 1. The van der Waals surface area contributed by atoms with Crippen LogP contribution >= 0.6 is 0 Å². The van der Waals surface area contributed by atoms with Crippen molar-refractivity contribution in [2.24, 2.45) is 5.92 Å². The Balaban J connectivity index is 2.95. The molecule has 3 nitrogen and oxygen atoms in total. The second-order valence-corrected chi connectivity index (χ2v) is 4.01. The van der Waals surface area contributed by atoms with Crippen LogP contribution in [0, 0.1) is 19.8 Å². The second-order valence-electron chi connectivity index (χ2n) is 4.01. The molecule has 0 radical (unpaired) electrons. The summed E-state index contributed by atoms with van der Waals surface area (Å²) < 4.78 is 0. The van der Waals surface area contributed by atoms with Gasteiger partial charge in [0.2, 0.25) is 0 Å². The predicted octanol–water partition coefficient (Wildman–Crippen LogP) is 2.27. The fraction of sp³-hybridized carbons (Fsp3) is 0.417. The van der Waals surface area contributed by atoms with Gasteiger partial charge in [0, 0.05) is 0 Å². The molecule has 0 aliphatic rings. The second kappa shape index (κ2) is 4.34. The molecule has 0 saturated carbocycles. The van der Waals surface area contributed by atoms with Crippen molar-refractivity contribution in [3.63, 3.8) is 0 Å². The highest BCUT2D eigenvalue weighted by atomic mass is 16.4. The molecule has 1 unspecified atom stereocenters. The van der Waals surface area contributed by atoms with Crippen LogP contribution in [0.15, 0.2) is 12.1 Å². The van der Waals surface area contributed by atoms with Gasteiger partial charge >= 0.3 is 5.97 Å². The Labute approximate surface area is 89.4 Å². The van der Waals surface area contributed by atoms with E-state index in [0.717, 1.165) is 11.1 Å². The molecule has 2 N–H and O–H groups in total. The number of hydrogen-bond acceptors (Lipinski definition) is 2. The molecular formula is C12H16O3. The molecule has 0 heterocycles. The molecule has 0 amide bonds. The summed E-state index contributed by atoms with van der Waals surface area (Å²) in [6, 6.07) is 3.53. The van der Waals surface area contributed by atoms with Gasteiger partial charge in [-0.2, -0.15) is 0 Å². The molecule has 0 aromatic heterocycles. The van der Waals surface area contributed by atoms with Crippen molar-refractivity contribution in [3.8, 4) is 5.75 Å². The molecule has 1 atom stereocenters. The summed E-state index contributed by atoms with van der Waals surface area (Å²) in [6.07, 6.45) is 0.363. The standard InChI is InChI=1S/C12H16O3/c1-7-4-10(5-9(3)12(14)15)11(13)6-8(7)2/h4,6,9,13H,5H2,1-3H3,(H,14,15). The highest BCUT2D eigenvalue weighted by Gasteiger charge is 2.14. The molecule has 0 aliphatic carbocycles. The third kappa shape index (κ3) is 2.72. The van der Waals surface area contributed by atoms with Crippen molar-refractivity contribution in [2.45, 2.75) is 27.2 Å². The Kier molecular flexibility index (Phi) is 3.35. The zero-order chi connectivity index (χ0) is 11.6. The van der Waals surface area contributed by atoms with Gasteiger partial charge < -0.3 is 10.2 Å². The predicted molar refractivity (Wildman–Crippen MR) is 58.1 cm³/mol. The summed E-state index contributed by atoms with van der Waals surface area (Å²) in [7, 11) is 0. The SMILES string of the molecule is Cc1cc(O)c(CC(C)C(=O)O)cc1C. The number of phenols is 1. The molecule has 1 rings (SSSR count). The largest absolute Gasteiger partial charge is 0.508 e. The van der Waals surface area contributed by atoms with E-state index in [1.54, 1.807) is 13.0 Å². The average Bonchev–Trinajstić information content (AvgIpc) is 2.13. The number of carboxylic acids is 1. The van der Waals surface area contributed by atoms with Crippen LogP contribution in [0.5, 0.6) is 5.75 Å². The number of aliphatic carboxylic acids is 1. The first-order chi connectivity index (χ1) is 6.91. The summed E-state index contributed by atoms with van der Waals surface area (Å²) in [5, 5.41) is 18.4. The Morgan fingerprint density at radius 2 is 1.87 bits per heavy atom. The van der Waals surface area contributed by atoms with Crippen LogP contribution in [0.2, 0.25) is 0 Å². The fourth-order valence-electron chi connectivity index (χ4n) is 1.44. The number of aryl methyl sites for hydroxylation is 2. The van der Waals surface area contributed by atoms with Crippen LogP contribution in [-0.2, 0) is 11.2 Å². The van der Waals surface area contributed by atoms with Crippen LogP contribution in [0.4, 0.5) is 0 Å². The number of hydrogen-bond donors (Lipinski definition) is 2. The van der Waals surface area contributed by atoms with Gasteiger partial charge in [-0.15, -0.1) is 0 Å². The van der Waals surface area contributed by atoms with Gasteiger partial charge in [0.15, 0.2) is 0 Å². The lowest BCUT2D eigenvalue weighted by molar-refractivity contribution is -0.141. The maximum Gasteiger partial charge on any atom is 0.306 e. The van der Waals surface area contributed by atoms with Crippen LogP contribution < -0.4 is 0 Å². The van der Waals surface area contributed by atoms with Gasteiger partial charge in [-0.3, -0.25) is 4.79 Å². The number of phenolic OH excluding ortho intramolecular Hbond substituents is 1. The molecule has 0 saturated heterocycles. The Hall–Kier alpha value is -1.51. The van der Waals surface area contributed by atoms with Gasteiger partial charge in [-0.05, 0) is 43.0 Å². The monoisotopic (exact) mass is 208 g/mol. The highest BCUT2D eigenvalue weighted by molar-refractivity contribution is 5.70. The van der Waals surface area contributed by atoms with E-state index in [0.29, 0.717) is 12.0 Å². The molecule has 0 bridgehead atoms. The van der Waals surface area contributed by atoms with Crippen LogP contribution in [0.1, 0.15) is 23.6 Å². The summed E-state index contributed by atoms with van der Waals surface area (Å²) in [5.74, 6) is -1.13. The molecular weight excluding hydrogens is 192 g/mol. The van der Waals surface area contributed by atoms with Crippen LogP contribution in [0.3, 0.4) is 0 Å². The number of benzene rings is 1. The highest BCUT2D eigenvalue weighted by Crippen LogP contribution is 2.24. The fourth-order valence-corrected chi connectivity index (χ4v) is 1.44. The van der Waals surface area contributed by atoms with Crippen molar-refractivity contribution in [3.05, 3.63) is 28.8 Å². The lowest BCUT2D eigenvalue weighted by Gasteiger charge is -2.10. The van der Waals surface area contributed by atoms with Gasteiger partial charge in [0.05, 0.1) is 5.92 Å². The first kappa shape index (κ1) is 11.6. The van der Waals surface area contributed by atoms with E-state index in [2.05, 4.69) is 0 Å². The quantitative estimate of drug-likeness (QED) is 0.801. The van der Waals surface area contributed by atoms with Gasteiger partial charge in [0.25, 0.3) is 0 Å². The van der Waals surface area contributed by atoms with E-state index in [4.69, 9.17) is 5.11 Å². The van der Waals surface area contributed by atoms with Gasteiger partial charge in [-0.25, -0.2) is 0 Å². The topological polar surface area (TPSA) is 57.5 Å². The molecule has 0 fully saturated rings. The lowest BCUT2D eigenvalue weighted by Crippen LogP contribution is -2.12. The zero-order valence-corrected chi connectivity index (χ0v) is 9.24. The molecule has 1 aromatic carbocycles. The molecule has 0 aliphatic heterocycles. The van der Waals surface area contributed by atoms with Crippen molar-refractivity contribution in [2.75, 3.05) is 0 Å². The average molecular weight is 208 g/mol. The zero-order valence-electron chi connectivity index (χ0n) is 9.24. The van der Waals surface area contributed by atoms with Crippen LogP contribution in [-0.4, -0.2) is 16.2 Å². The minimum absolute atomic E-state index is 0.186. The molecule has 15 heavy (non-hydrogen) atoms. The van der Waals surface area contributed by atoms with Crippen molar-refractivity contribution in [1.29, 1.82) is 0 Å². The maximum absolute atomic E-state index is 10.7. The van der Waals surface area contributed by atoms with E-state index in [1.165, 1.54) is 0 Å². The van der Waals surface area contributed by atoms with E-state index in [-0.39, 0.29) is 5.75 Å². The molecule has 1 aromatic rings. The number of carboxylic acid groups (broad SMARTS) is 1. The molecule has 0 spiro atoms. The van der Waals surface area contributed by atoms with E-state index >= 15 is 0 Å². The first-order valence-corrected chi connectivity index (χ1v) is 4.93. The first-order valence-electron chi connectivity index (χ1n) is 4.93. The van der Waals surface area contributed by atoms with Gasteiger partial charge in [-0.1, -0.05) is 13.0 Å². The third-order valence-corrected chi connectivity index (χ3v) is 2.64. The molecule has 3 heteroatoms. The lowest BCUT2D eigenvalue weighted by atomic mass is 9.97. The van der Waals surface area contributed by atoms with Crippen LogP contribution in [0.25, 0.3) is 0 Å². The summed E-state index contributed by atoms with van der Waals surface area (Å²) >= 11 is 0. The summed E-state index contributed by atoms with van der Waals surface area (Å²) in [6.45, 7) is 5.50. The van der Waals surface area contributed by atoms with Crippen molar-refractivity contribution >= 4 is 5.97 Å². The van der Waals surface area contributed by atoms with Crippen molar-refractivity contribution < 1.29 is 15.0 Å². The third-order valence-electron chi connectivity index (χ3n) is 2.64. The van der Waals surface area contributed by atoms with E-state index in [1.807, 2.05) is 19.9 Å². The van der Waals surface area contributed by atoms with E-state index < -0.39 is 11.9 Å².